The van der Waals surface area contributed by atoms with E-state index in [-0.39, 0.29) is 0 Å². The van der Waals surface area contributed by atoms with Crippen LogP contribution in [0.25, 0.3) is 32.3 Å². The van der Waals surface area contributed by atoms with Crippen LogP contribution in [-0.2, 0) is 0 Å². The highest BCUT2D eigenvalue weighted by Crippen LogP contribution is 2.35. The van der Waals surface area contributed by atoms with E-state index in [4.69, 9.17) is 5.26 Å². The number of rotatable bonds is 1. The van der Waals surface area contributed by atoms with Crippen molar-refractivity contribution < 1.29 is 0 Å². The van der Waals surface area contributed by atoms with E-state index >= 15 is 0 Å². The Labute approximate surface area is 126 Å². The van der Waals surface area contributed by atoms with Gasteiger partial charge in [-0.3, -0.25) is 0 Å². The van der Waals surface area contributed by atoms with Crippen molar-refractivity contribution in [3.63, 3.8) is 0 Å². The molecule has 0 spiro atoms. The molecule has 98 valence electrons. The third-order valence-corrected chi connectivity index (χ3v) is 4.50. The third kappa shape index (κ3) is 1.94. The number of thiocyanates is 1. The van der Waals surface area contributed by atoms with E-state index in [1.165, 1.54) is 44.1 Å². The molecule has 4 aromatic rings. The van der Waals surface area contributed by atoms with Gasteiger partial charge in [-0.25, -0.2) is 0 Å². The molecule has 0 aromatic heterocycles. The zero-order valence-corrected chi connectivity index (χ0v) is 12.0. The molecule has 0 aliphatic heterocycles. The van der Waals surface area contributed by atoms with E-state index in [2.05, 4.69) is 60.0 Å². The van der Waals surface area contributed by atoms with E-state index in [0.717, 1.165) is 4.90 Å². The summed E-state index contributed by atoms with van der Waals surface area (Å²) in [6.07, 6.45) is 0. The maximum Gasteiger partial charge on any atom is 0.138 e. The van der Waals surface area contributed by atoms with Crippen LogP contribution in [0.15, 0.2) is 71.6 Å². The highest BCUT2D eigenvalue weighted by atomic mass is 32.2. The molecule has 2 heteroatoms. The molecule has 0 fully saturated rings. The predicted octanol–water partition coefficient (Wildman–Crippen LogP) is 5.72. The minimum absolute atomic E-state index is 1.02. The van der Waals surface area contributed by atoms with E-state index in [1.807, 2.05) is 12.1 Å². The van der Waals surface area contributed by atoms with E-state index in [1.54, 1.807) is 0 Å². The summed E-state index contributed by atoms with van der Waals surface area (Å²) in [7, 11) is 0. The number of nitriles is 1. The number of hydrogen-bond acceptors (Lipinski definition) is 2. The van der Waals surface area contributed by atoms with Crippen molar-refractivity contribution in [1.29, 1.82) is 5.26 Å². The maximum atomic E-state index is 9.04. The van der Waals surface area contributed by atoms with Gasteiger partial charge in [0.1, 0.15) is 5.40 Å². The summed E-state index contributed by atoms with van der Waals surface area (Å²) in [4.78, 5) is 1.02. The Hall–Kier alpha value is -2.50. The smallest absolute Gasteiger partial charge is 0.138 e. The fourth-order valence-electron chi connectivity index (χ4n) is 2.90. The van der Waals surface area contributed by atoms with Crippen LogP contribution in [0.5, 0.6) is 0 Å². The van der Waals surface area contributed by atoms with Gasteiger partial charge >= 0.3 is 0 Å². The summed E-state index contributed by atoms with van der Waals surface area (Å²) < 4.78 is 0. The predicted molar refractivity (Wildman–Crippen MR) is 90.4 cm³/mol. The van der Waals surface area contributed by atoms with Gasteiger partial charge in [-0.2, -0.15) is 5.26 Å². The van der Waals surface area contributed by atoms with Crippen LogP contribution < -0.4 is 0 Å². The van der Waals surface area contributed by atoms with Crippen molar-refractivity contribution in [2.75, 3.05) is 0 Å². The van der Waals surface area contributed by atoms with Crippen molar-refractivity contribution in [2.45, 2.75) is 4.90 Å². The number of fused-ring (bicyclic) bond motifs is 4. The Morgan fingerprint density at radius 1 is 0.714 bits per heavy atom. The van der Waals surface area contributed by atoms with Crippen LogP contribution in [0.2, 0.25) is 0 Å². The van der Waals surface area contributed by atoms with Crippen molar-refractivity contribution in [3.8, 4) is 5.40 Å². The van der Waals surface area contributed by atoms with Gasteiger partial charge in [0.15, 0.2) is 0 Å². The molecule has 0 radical (unpaired) electrons. The maximum absolute atomic E-state index is 9.04. The fraction of sp³-hybridized carbons (Fsp3) is 0. The highest BCUT2D eigenvalue weighted by Gasteiger charge is 2.07. The van der Waals surface area contributed by atoms with Crippen molar-refractivity contribution >= 4 is 44.1 Å². The Morgan fingerprint density at radius 2 is 1.43 bits per heavy atom. The lowest BCUT2D eigenvalue weighted by Crippen LogP contribution is -1.82. The van der Waals surface area contributed by atoms with Crippen molar-refractivity contribution in [3.05, 3.63) is 66.7 Å². The zero-order chi connectivity index (χ0) is 14.2. The van der Waals surface area contributed by atoms with Gasteiger partial charge in [-0.05, 0) is 56.9 Å². The molecule has 0 amide bonds. The molecule has 0 unspecified atom stereocenters. The first kappa shape index (κ1) is 12.3. The lowest BCUT2D eigenvalue weighted by molar-refractivity contribution is 1.55. The topological polar surface area (TPSA) is 23.8 Å². The van der Waals surface area contributed by atoms with Crippen LogP contribution in [0.3, 0.4) is 0 Å². The lowest BCUT2D eigenvalue weighted by Gasteiger charge is -2.09. The van der Waals surface area contributed by atoms with Crippen molar-refractivity contribution in [2.24, 2.45) is 0 Å². The molecular formula is C19H11NS. The van der Waals surface area contributed by atoms with Gasteiger partial charge in [0.05, 0.1) is 0 Å². The second-order valence-corrected chi connectivity index (χ2v) is 5.86. The van der Waals surface area contributed by atoms with Gasteiger partial charge < -0.3 is 0 Å². The molecule has 21 heavy (non-hydrogen) atoms. The SMILES string of the molecule is N#CSc1cccc2ccc3cc4ccccc4cc3c12. The Bertz CT molecular complexity index is 1030. The van der Waals surface area contributed by atoms with Gasteiger partial charge in [0, 0.05) is 10.3 Å². The highest BCUT2D eigenvalue weighted by molar-refractivity contribution is 8.04. The molecule has 0 heterocycles. The van der Waals surface area contributed by atoms with Gasteiger partial charge in [0.25, 0.3) is 0 Å². The van der Waals surface area contributed by atoms with Crippen molar-refractivity contribution in [1.82, 2.24) is 0 Å². The molecular weight excluding hydrogens is 274 g/mol. The molecule has 1 nitrogen and oxygen atoms in total. The molecule has 0 saturated heterocycles. The standard InChI is InChI=1S/C19H11NS/c20-12-21-18-7-3-6-13-8-9-16-10-14-4-1-2-5-15(14)11-17(16)19(13)18/h1-11H. The molecule has 0 bridgehead atoms. The van der Waals surface area contributed by atoms with Crippen LogP contribution in [0, 0.1) is 10.7 Å². The summed E-state index contributed by atoms with van der Waals surface area (Å²) >= 11 is 1.23. The van der Waals surface area contributed by atoms with Crippen LogP contribution in [-0.4, -0.2) is 0 Å². The van der Waals surface area contributed by atoms with E-state index in [9.17, 15) is 0 Å². The molecule has 0 atom stereocenters. The van der Waals surface area contributed by atoms with E-state index in [0.29, 0.717) is 0 Å². The van der Waals surface area contributed by atoms with E-state index < -0.39 is 0 Å². The largest absolute Gasteiger partial charge is 0.185 e. The molecule has 0 aliphatic rings. The minimum Gasteiger partial charge on any atom is -0.185 e. The molecule has 0 aliphatic carbocycles. The fourth-order valence-corrected chi connectivity index (χ4v) is 3.48. The molecule has 0 N–H and O–H groups in total. The number of nitrogens with zero attached hydrogens (tertiary/aromatic N) is 1. The number of benzene rings is 4. The normalized spacial score (nSPS) is 11.0. The molecule has 0 saturated carbocycles. The van der Waals surface area contributed by atoms with Gasteiger partial charge in [0.2, 0.25) is 0 Å². The van der Waals surface area contributed by atoms with Gasteiger partial charge in [-0.1, -0.05) is 48.5 Å². The van der Waals surface area contributed by atoms with Crippen LogP contribution in [0.1, 0.15) is 0 Å². The Kier molecular flexibility index (Phi) is 2.80. The average Bonchev–Trinajstić information content (AvgIpc) is 2.53. The number of thioether (sulfide) groups is 1. The molecule has 4 aromatic carbocycles. The summed E-state index contributed by atoms with van der Waals surface area (Å²) in [6.45, 7) is 0. The van der Waals surface area contributed by atoms with Gasteiger partial charge in [-0.15, -0.1) is 0 Å². The zero-order valence-electron chi connectivity index (χ0n) is 11.2. The average molecular weight is 285 g/mol. The van der Waals surface area contributed by atoms with Crippen LogP contribution >= 0.6 is 11.8 Å². The van der Waals surface area contributed by atoms with Crippen LogP contribution in [0.4, 0.5) is 0 Å². The summed E-state index contributed by atoms with van der Waals surface area (Å²) in [6, 6.07) is 23.3. The molecule has 4 rings (SSSR count). The summed E-state index contributed by atoms with van der Waals surface area (Å²) in [5.41, 5.74) is 0. The second-order valence-electron chi connectivity index (χ2n) is 5.03. The first-order valence-electron chi connectivity index (χ1n) is 6.77. The lowest BCUT2D eigenvalue weighted by atomic mass is 9.98. The third-order valence-electron chi connectivity index (χ3n) is 3.84. The summed E-state index contributed by atoms with van der Waals surface area (Å²) in [5, 5.41) is 18.5. The Morgan fingerprint density at radius 3 is 2.24 bits per heavy atom. The quantitative estimate of drug-likeness (QED) is 0.193. The second kappa shape index (κ2) is 4.80. The monoisotopic (exact) mass is 285 g/mol. The summed E-state index contributed by atoms with van der Waals surface area (Å²) in [5.74, 6) is 0. The Balaban J connectivity index is 2.21. The number of hydrogen-bond donors (Lipinski definition) is 0. The minimum atomic E-state index is 1.02. The first-order valence-corrected chi connectivity index (χ1v) is 7.59. The first-order chi connectivity index (χ1) is 10.4.